The van der Waals surface area contributed by atoms with Crippen molar-refractivity contribution in [2.45, 2.75) is 26.4 Å². The number of aromatic nitrogens is 1. The Hall–Kier alpha value is -3.87. The number of methoxy groups -OCH3 is 1. The number of amides is 1. The number of carbonyl (C=O) groups excluding carboxylic acids is 2. The second-order valence-electron chi connectivity index (χ2n) is 7.41. The van der Waals surface area contributed by atoms with E-state index < -0.39 is 17.7 Å². The number of aliphatic hydroxyl groups excluding tert-OH is 1. The van der Waals surface area contributed by atoms with E-state index in [0.29, 0.717) is 28.4 Å². The lowest BCUT2D eigenvalue weighted by atomic mass is 9.97. The standard InChI is InChI=1S/C24H22N2O5/c1-14-12-17(30-3)5-6-18(14)22(27)20-21(19-7-4-15(2)31-19)26(24(29)23(20)28)13-16-8-10-25-11-9-16/h4-12,21,27H,13H2,1-3H3/b22-20-. The number of hydrogen-bond acceptors (Lipinski definition) is 6. The monoisotopic (exact) mass is 418 g/mol. The van der Waals surface area contributed by atoms with Crippen LogP contribution in [0, 0.1) is 13.8 Å². The zero-order chi connectivity index (χ0) is 22.1. The Labute approximate surface area is 179 Å². The van der Waals surface area contributed by atoms with Gasteiger partial charge in [0.25, 0.3) is 11.7 Å². The molecule has 1 N–H and O–H groups in total. The van der Waals surface area contributed by atoms with Gasteiger partial charge in [0, 0.05) is 24.5 Å². The summed E-state index contributed by atoms with van der Waals surface area (Å²) in [6, 6.07) is 11.3. The molecule has 7 heteroatoms. The molecule has 3 heterocycles. The van der Waals surface area contributed by atoms with Gasteiger partial charge in [-0.1, -0.05) is 0 Å². The summed E-state index contributed by atoms with van der Waals surface area (Å²) in [7, 11) is 1.55. The van der Waals surface area contributed by atoms with E-state index in [0.717, 1.165) is 5.56 Å². The van der Waals surface area contributed by atoms with Gasteiger partial charge in [0.15, 0.2) is 0 Å². The molecule has 1 amide bonds. The van der Waals surface area contributed by atoms with Crippen LogP contribution < -0.4 is 4.74 Å². The van der Waals surface area contributed by atoms with Crippen LogP contribution in [0.5, 0.6) is 5.75 Å². The molecule has 1 fully saturated rings. The molecule has 0 saturated carbocycles. The molecule has 0 aliphatic carbocycles. The Kier molecular flexibility index (Phi) is 5.33. The third-order valence-corrected chi connectivity index (χ3v) is 5.36. The number of likely N-dealkylation sites (tertiary alicyclic amines) is 1. The van der Waals surface area contributed by atoms with Gasteiger partial charge in [-0.25, -0.2) is 0 Å². The fraction of sp³-hybridized carbons (Fsp3) is 0.208. The Bertz CT molecular complexity index is 1180. The minimum atomic E-state index is -0.844. The third-order valence-electron chi connectivity index (χ3n) is 5.36. The molecule has 1 saturated heterocycles. The number of hydrogen-bond donors (Lipinski definition) is 1. The first-order valence-electron chi connectivity index (χ1n) is 9.79. The normalized spacial score (nSPS) is 17.9. The summed E-state index contributed by atoms with van der Waals surface area (Å²) in [5, 5.41) is 11.2. The number of rotatable bonds is 5. The van der Waals surface area contributed by atoms with E-state index in [1.165, 1.54) is 4.90 Å². The predicted molar refractivity (Wildman–Crippen MR) is 113 cm³/mol. The largest absolute Gasteiger partial charge is 0.507 e. The average molecular weight is 418 g/mol. The fourth-order valence-corrected chi connectivity index (χ4v) is 3.80. The maximum absolute atomic E-state index is 13.1. The molecular formula is C24H22N2O5. The highest BCUT2D eigenvalue weighted by atomic mass is 16.5. The van der Waals surface area contributed by atoms with Crippen LogP contribution in [0.15, 0.2) is 64.8 Å². The number of ether oxygens (including phenoxy) is 1. The van der Waals surface area contributed by atoms with Gasteiger partial charge in [-0.05, 0) is 67.4 Å². The highest BCUT2D eigenvalue weighted by Gasteiger charge is 2.47. The average Bonchev–Trinajstić information content (AvgIpc) is 3.30. The summed E-state index contributed by atoms with van der Waals surface area (Å²) in [6.45, 7) is 3.76. The molecule has 2 aromatic heterocycles. The molecule has 1 aliphatic rings. The molecule has 1 unspecified atom stereocenters. The van der Waals surface area contributed by atoms with Crippen LogP contribution in [0.4, 0.5) is 0 Å². The van der Waals surface area contributed by atoms with Crippen molar-refractivity contribution in [3.05, 3.63) is 88.6 Å². The first kappa shape index (κ1) is 20.4. The van der Waals surface area contributed by atoms with Crippen LogP contribution in [0.2, 0.25) is 0 Å². The second kappa shape index (κ2) is 8.10. The summed E-state index contributed by atoms with van der Waals surface area (Å²) in [6.07, 6.45) is 3.25. The predicted octanol–water partition coefficient (Wildman–Crippen LogP) is 3.92. The first-order chi connectivity index (χ1) is 14.9. The molecule has 3 aromatic rings. The van der Waals surface area contributed by atoms with Crippen molar-refractivity contribution >= 4 is 17.4 Å². The van der Waals surface area contributed by atoms with Crippen LogP contribution in [-0.4, -0.2) is 33.8 Å². The van der Waals surface area contributed by atoms with Crippen molar-refractivity contribution in [2.24, 2.45) is 0 Å². The van der Waals surface area contributed by atoms with Gasteiger partial charge in [-0.15, -0.1) is 0 Å². The molecule has 31 heavy (non-hydrogen) atoms. The topological polar surface area (TPSA) is 92.9 Å². The van der Waals surface area contributed by atoms with Crippen LogP contribution >= 0.6 is 0 Å². The Morgan fingerprint density at radius 3 is 2.48 bits per heavy atom. The van der Waals surface area contributed by atoms with Crippen molar-refractivity contribution in [1.29, 1.82) is 0 Å². The molecule has 0 bridgehead atoms. The van der Waals surface area contributed by atoms with Gasteiger partial charge in [0.1, 0.15) is 29.1 Å². The highest BCUT2D eigenvalue weighted by molar-refractivity contribution is 6.46. The number of Topliss-reactive ketones (excluding diaryl/α,β-unsaturated/α-hetero) is 1. The van der Waals surface area contributed by atoms with Crippen LogP contribution in [0.1, 0.15) is 34.3 Å². The van der Waals surface area contributed by atoms with E-state index in [4.69, 9.17) is 9.15 Å². The summed E-state index contributed by atoms with van der Waals surface area (Å²) < 4.78 is 11.0. The van der Waals surface area contributed by atoms with Crippen LogP contribution in [0.25, 0.3) is 5.76 Å². The fourth-order valence-electron chi connectivity index (χ4n) is 3.80. The summed E-state index contributed by atoms with van der Waals surface area (Å²) in [5.41, 5.74) is 1.98. The molecule has 0 spiro atoms. The number of aryl methyl sites for hydroxylation is 2. The van der Waals surface area contributed by atoms with E-state index in [9.17, 15) is 14.7 Å². The summed E-state index contributed by atoms with van der Waals surface area (Å²) in [5.74, 6) is 0.00758. The van der Waals surface area contributed by atoms with Crippen molar-refractivity contribution in [3.8, 4) is 5.75 Å². The number of nitrogens with zero attached hydrogens (tertiary/aromatic N) is 2. The van der Waals surface area contributed by atoms with Gasteiger partial charge in [-0.3, -0.25) is 14.6 Å². The molecule has 158 valence electrons. The van der Waals surface area contributed by atoms with Crippen molar-refractivity contribution in [3.63, 3.8) is 0 Å². The number of ketones is 1. The van der Waals surface area contributed by atoms with E-state index in [1.807, 2.05) is 0 Å². The maximum Gasteiger partial charge on any atom is 0.296 e. The third kappa shape index (κ3) is 3.70. The number of aliphatic hydroxyl groups is 1. The Balaban J connectivity index is 1.86. The minimum absolute atomic E-state index is 0.00155. The van der Waals surface area contributed by atoms with E-state index in [-0.39, 0.29) is 17.9 Å². The zero-order valence-electron chi connectivity index (χ0n) is 17.5. The quantitative estimate of drug-likeness (QED) is 0.384. The lowest BCUT2D eigenvalue weighted by Crippen LogP contribution is -2.29. The summed E-state index contributed by atoms with van der Waals surface area (Å²) in [4.78, 5) is 31.5. The molecule has 7 nitrogen and oxygen atoms in total. The van der Waals surface area contributed by atoms with Crippen molar-refractivity contribution in [1.82, 2.24) is 9.88 Å². The minimum Gasteiger partial charge on any atom is -0.507 e. The Morgan fingerprint density at radius 1 is 1.13 bits per heavy atom. The van der Waals surface area contributed by atoms with E-state index >= 15 is 0 Å². The van der Waals surface area contributed by atoms with Gasteiger partial charge >= 0.3 is 0 Å². The molecule has 1 aliphatic heterocycles. The van der Waals surface area contributed by atoms with E-state index in [2.05, 4.69) is 4.98 Å². The lowest BCUT2D eigenvalue weighted by molar-refractivity contribution is -0.140. The number of benzene rings is 1. The maximum atomic E-state index is 13.1. The number of carbonyl (C=O) groups is 2. The molecular weight excluding hydrogens is 396 g/mol. The lowest BCUT2D eigenvalue weighted by Gasteiger charge is -2.23. The second-order valence-corrected chi connectivity index (χ2v) is 7.41. The van der Waals surface area contributed by atoms with Crippen LogP contribution in [-0.2, 0) is 16.1 Å². The van der Waals surface area contributed by atoms with Crippen molar-refractivity contribution in [2.75, 3.05) is 7.11 Å². The van der Waals surface area contributed by atoms with Gasteiger partial charge < -0.3 is 19.2 Å². The number of pyridine rings is 1. The summed E-state index contributed by atoms with van der Waals surface area (Å²) >= 11 is 0. The van der Waals surface area contributed by atoms with Gasteiger partial charge in [0.05, 0.1) is 12.7 Å². The smallest absolute Gasteiger partial charge is 0.296 e. The Morgan fingerprint density at radius 2 is 1.87 bits per heavy atom. The first-order valence-corrected chi connectivity index (χ1v) is 9.79. The molecule has 1 atom stereocenters. The molecule has 4 rings (SSSR count). The van der Waals surface area contributed by atoms with Crippen LogP contribution in [0.3, 0.4) is 0 Å². The number of furan rings is 1. The molecule has 1 aromatic carbocycles. The van der Waals surface area contributed by atoms with Gasteiger partial charge in [0.2, 0.25) is 0 Å². The van der Waals surface area contributed by atoms with Crippen molar-refractivity contribution < 1.29 is 23.8 Å². The zero-order valence-corrected chi connectivity index (χ0v) is 17.5. The SMILES string of the molecule is COc1ccc(/C(O)=C2/C(=O)C(=O)N(Cc3ccncc3)C2c2ccc(C)o2)c(C)c1. The molecule has 0 radical (unpaired) electrons. The van der Waals surface area contributed by atoms with E-state index in [1.54, 1.807) is 75.8 Å². The highest BCUT2D eigenvalue weighted by Crippen LogP contribution is 2.41. The van der Waals surface area contributed by atoms with Gasteiger partial charge in [-0.2, -0.15) is 0 Å².